The number of benzene rings is 1. The maximum absolute atomic E-state index is 11.9. The van der Waals surface area contributed by atoms with Gasteiger partial charge in [-0.2, -0.15) is 0 Å². The molecule has 1 aromatic rings. The van der Waals surface area contributed by atoms with Crippen molar-refractivity contribution in [1.29, 1.82) is 0 Å². The van der Waals surface area contributed by atoms with Crippen LogP contribution in [0.25, 0.3) is 0 Å². The molecular weight excluding hydrogens is 257 g/mol. The van der Waals surface area contributed by atoms with Crippen molar-refractivity contribution in [3.8, 4) is 12.3 Å². The molecule has 1 rings (SSSR count). The Labute approximate surface area is 111 Å². The molecule has 0 saturated heterocycles. The first kappa shape index (κ1) is 13.9. The normalized spacial score (nSPS) is 11.6. The van der Waals surface area contributed by atoms with Gasteiger partial charge >= 0.3 is 0 Å². The van der Waals surface area contributed by atoms with Crippen LogP contribution in [0, 0.1) is 12.3 Å². The van der Waals surface area contributed by atoms with Crippen LogP contribution in [-0.2, 0) is 0 Å². The van der Waals surface area contributed by atoms with Crippen molar-refractivity contribution >= 4 is 29.1 Å². The number of rotatable bonds is 4. The van der Waals surface area contributed by atoms with Crippen LogP contribution in [0.3, 0.4) is 0 Å². The van der Waals surface area contributed by atoms with Gasteiger partial charge in [0.2, 0.25) is 0 Å². The molecule has 4 heteroatoms. The molecule has 1 unspecified atom stereocenters. The summed E-state index contributed by atoms with van der Waals surface area (Å²) in [7, 11) is 0. The van der Waals surface area contributed by atoms with Crippen LogP contribution in [-0.4, -0.2) is 11.9 Å². The second kappa shape index (κ2) is 6.54. The van der Waals surface area contributed by atoms with Crippen LogP contribution in [0.1, 0.15) is 30.1 Å². The van der Waals surface area contributed by atoms with Gasteiger partial charge in [-0.15, -0.1) is 12.3 Å². The van der Waals surface area contributed by atoms with Crippen LogP contribution in [0.5, 0.6) is 0 Å². The molecule has 0 heterocycles. The number of terminal acetylenes is 1. The lowest BCUT2D eigenvalue weighted by atomic mass is 10.1. The third kappa shape index (κ3) is 3.96. The molecule has 0 aliphatic heterocycles. The van der Waals surface area contributed by atoms with Crippen molar-refractivity contribution < 1.29 is 4.79 Å². The predicted molar refractivity (Wildman–Crippen MR) is 71.5 cm³/mol. The average molecular weight is 270 g/mol. The zero-order valence-corrected chi connectivity index (χ0v) is 11.0. The number of hydrogen-bond acceptors (Lipinski definition) is 1. The van der Waals surface area contributed by atoms with Crippen molar-refractivity contribution in [2.24, 2.45) is 0 Å². The van der Waals surface area contributed by atoms with E-state index in [0.717, 1.165) is 6.42 Å². The van der Waals surface area contributed by atoms with E-state index in [0.29, 0.717) is 22.0 Å². The molecule has 0 fully saturated rings. The number of amides is 1. The summed E-state index contributed by atoms with van der Waals surface area (Å²) in [4.78, 5) is 11.9. The second-order valence-corrected chi connectivity index (χ2v) is 4.43. The van der Waals surface area contributed by atoms with E-state index in [9.17, 15) is 4.79 Å². The molecule has 1 aromatic carbocycles. The van der Waals surface area contributed by atoms with Crippen molar-refractivity contribution in [2.45, 2.75) is 25.8 Å². The topological polar surface area (TPSA) is 29.1 Å². The first-order valence-electron chi connectivity index (χ1n) is 5.27. The minimum Gasteiger partial charge on any atom is -0.348 e. The molecule has 1 N–H and O–H groups in total. The van der Waals surface area contributed by atoms with E-state index in [-0.39, 0.29) is 11.9 Å². The van der Waals surface area contributed by atoms with Crippen LogP contribution in [0.2, 0.25) is 10.0 Å². The van der Waals surface area contributed by atoms with Gasteiger partial charge in [-0.3, -0.25) is 4.79 Å². The van der Waals surface area contributed by atoms with Gasteiger partial charge in [0, 0.05) is 18.0 Å². The SMILES string of the molecule is C#CCC(CC)NC(=O)c1ccc(Cl)c(Cl)c1. The maximum Gasteiger partial charge on any atom is 0.251 e. The molecule has 0 aliphatic rings. The monoisotopic (exact) mass is 269 g/mol. The third-order valence-corrected chi connectivity index (χ3v) is 3.11. The maximum atomic E-state index is 11.9. The van der Waals surface area contributed by atoms with E-state index in [2.05, 4.69) is 11.2 Å². The van der Waals surface area contributed by atoms with E-state index < -0.39 is 0 Å². The van der Waals surface area contributed by atoms with Gasteiger partial charge in [0.15, 0.2) is 0 Å². The molecule has 0 saturated carbocycles. The quantitative estimate of drug-likeness (QED) is 0.833. The summed E-state index contributed by atoms with van der Waals surface area (Å²) >= 11 is 11.6. The zero-order valence-electron chi connectivity index (χ0n) is 9.47. The van der Waals surface area contributed by atoms with Gasteiger partial charge in [0.05, 0.1) is 10.0 Å². The summed E-state index contributed by atoms with van der Waals surface area (Å²) in [6.07, 6.45) is 6.53. The summed E-state index contributed by atoms with van der Waals surface area (Å²) in [5.74, 6) is 2.34. The van der Waals surface area contributed by atoms with E-state index in [1.54, 1.807) is 18.2 Å². The number of halogens is 2. The van der Waals surface area contributed by atoms with Crippen molar-refractivity contribution in [1.82, 2.24) is 5.32 Å². The smallest absolute Gasteiger partial charge is 0.251 e. The summed E-state index contributed by atoms with van der Waals surface area (Å²) in [6.45, 7) is 1.97. The van der Waals surface area contributed by atoms with Crippen LogP contribution >= 0.6 is 23.2 Å². The Hall–Kier alpha value is -1.17. The fraction of sp³-hybridized carbons (Fsp3) is 0.308. The molecule has 17 heavy (non-hydrogen) atoms. The van der Waals surface area contributed by atoms with Gasteiger partial charge in [0.25, 0.3) is 5.91 Å². The molecule has 0 bridgehead atoms. The lowest BCUT2D eigenvalue weighted by Gasteiger charge is -2.14. The van der Waals surface area contributed by atoms with E-state index >= 15 is 0 Å². The molecule has 90 valence electrons. The standard InChI is InChI=1S/C13H13Cl2NO/c1-3-5-10(4-2)16-13(17)9-6-7-11(14)12(15)8-9/h1,6-8,10H,4-5H2,2H3,(H,16,17). The first-order chi connectivity index (χ1) is 8.08. The molecule has 0 aromatic heterocycles. The van der Waals surface area contributed by atoms with Crippen molar-refractivity contribution in [3.63, 3.8) is 0 Å². The lowest BCUT2D eigenvalue weighted by molar-refractivity contribution is 0.0936. The van der Waals surface area contributed by atoms with Gasteiger partial charge in [0.1, 0.15) is 0 Å². The third-order valence-electron chi connectivity index (χ3n) is 2.37. The highest BCUT2D eigenvalue weighted by molar-refractivity contribution is 6.42. The highest BCUT2D eigenvalue weighted by Crippen LogP contribution is 2.22. The molecule has 2 nitrogen and oxygen atoms in total. The Balaban J connectivity index is 2.76. The predicted octanol–water partition coefficient (Wildman–Crippen LogP) is 3.53. The lowest BCUT2D eigenvalue weighted by Crippen LogP contribution is -2.34. The van der Waals surface area contributed by atoms with Gasteiger partial charge < -0.3 is 5.32 Å². The zero-order chi connectivity index (χ0) is 12.8. The molecule has 1 amide bonds. The van der Waals surface area contributed by atoms with Crippen LogP contribution in [0.15, 0.2) is 18.2 Å². The fourth-order valence-corrected chi connectivity index (χ4v) is 1.64. The van der Waals surface area contributed by atoms with E-state index in [1.807, 2.05) is 6.92 Å². The van der Waals surface area contributed by atoms with Crippen molar-refractivity contribution in [3.05, 3.63) is 33.8 Å². The van der Waals surface area contributed by atoms with Crippen LogP contribution < -0.4 is 5.32 Å². The number of hydrogen-bond donors (Lipinski definition) is 1. The number of carbonyl (C=O) groups is 1. The van der Waals surface area contributed by atoms with Gasteiger partial charge in [-0.1, -0.05) is 30.1 Å². The Kier molecular flexibility index (Phi) is 5.34. The first-order valence-corrected chi connectivity index (χ1v) is 6.03. The Morgan fingerprint density at radius 2 is 2.18 bits per heavy atom. The second-order valence-electron chi connectivity index (χ2n) is 3.62. The minimum absolute atomic E-state index is 0.0121. The highest BCUT2D eigenvalue weighted by atomic mass is 35.5. The number of nitrogens with one attached hydrogen (secondary N) is 1. The molecule has 0 aliphatic carbocycles. The van der Waals surface area contributed by atoms with Crippen molar-refractivity contribution in [2.75, 3.05) is 0 Å². The van der Waals surface area contributed by atoms with E-state index in [1.165, 1.54) is 0 Å². The number of carbonyl (C=O) groups excluding carboxylic acids is 1. The van der Waals surface area contributed by atoms with Gasteiger partial charge in [-0.25, -0.2) is 0 Å². The minimum atomic E-state index is -0.189. The molecular formula is C13H13Cl2NO. The van der Waals surface area contributed by atoms with Gasteiger partial charge in [-0.05, 0) is 24.6 Å². The summed E-state index contributed by atoms with van der Waals surface area (Å²) in [6, 6.07) is 4.76. The van der Waals surface area contributed by atoms with Crippen LogP contribution in [0.4, 0.5) is 0 Å². The van der Waals surface area contributed by atoms with E-state index in [4.69, 9.17) is 29.6 Å². The molecule has 0 spiro atoms. The Morgan fingerprint density at radius 1 is 1.47 bits per heavy atom. The fourth-order valence-electron chi connectivity index (χ4n) is 1.35. The molecule has 1 atom stereocenters. The summed E-state index contributed by atoms with van der Waals surface area (Å²) in [5, 5.41) is 3.64. The highest BCUT2D eigenvalue weighted by Gasteiger charge is 2.12. The Morgan fingerprint density at radius 3 is 2.71 bits per heavy atom. The summed E-state index contributed by atoms with van der Waals surface area (Å²) < 4.78 is 0. The Bertz CT molecular complexity index is 451. The largest absolute Gasteiger partial charge is 0.348 e. The molecule has 0 radical (unpaired) electrons. The average Bonchev–Trinajstić information content (AvgIpc) is 2.31. The summed E-state index contributed by atoms with van der Waals surface area (Å²) in [5.41, 5.74) is 0.481.